The summed E-state index contributed by atoms with van der Waals surface area (Å²) < 4.78 is 30.6. The highest BCUT2D eigenvalue weighted by Gasteiger charge is 2.16. The van der Waals surface area contributed by atoms with Gasteiger partial charge in [0.05, 0.1) is 4.70 Å². The maximum Gasteiger partial charge on any atom is 0.164 e. The van der Waals surface area contributed by atoms with Crippen LogP contribution in [0.5, 0.6) is 0 Å². The summed E-state index contributed by atoms with van der Waals surface area (Å²) in [4.78, 5) is 0. The van der Waals surface area contributed by atoms with Crippen LogP contribution in [0.2, 0.25) is 0 Å². The van der Waals surface area contributed by atoms with Gasteiger partial charge in [0.15, 0.2) is 11.6 Å². The zero-order chi connectivity index (χ0) is 9.59. The van der Waals surface area contributed by atoms with E-state index >= 15 is 0 Å². The largest absolute Gasteiger partial charge is 0.203 e. The second-order valence-electron chi connectivity index (χ2n) is 2.83. The molecule has 0 fully saturated rings. The first-order chi connectivity index (χ1) is 6.13. The van der Waals surface area contributed by atoms with Crippen LogP contribution < -0.4 is 0 Å². The molecule has 13 heavy (non-hydrogen) atoms. The lowest BCUT2D eigenvalue weighted by atomic mass is 10.1. The van der Waals surface area contributed by atoms with E-state index in [9.17, 15) is 8.78 Å². The van der Waals surface area contributed by atoms with Gasteiger partial charge in [0.1, 0.15) is 5.52 Å². The van der Waals surface area contributed by atoms with Gasteiger partial charge in [-0.1, -0.05) is 4.49 Å². The molecule has 2 rings (SSSR count). The zero-order valence-corrected chi connectivity index (χ0v) is 7.88. The van der Waals surface area contributed by atoms with Crippen LogP contribution in [-0.2, 0) is 0 Å². The van der Waals surface area contributed by atoms with Crippen molar-refractivity contribution in [1.82, 2.24) is 9.59 Å². The number of aromatic nitrogens is 2. The highest BCUT2D eigenvalue weighted by Crippen LogP contribution is 2.28. The van der Waals surface area contributed by atoms with Crippen molar-refractivity contribution in [3.63, 3.8) is 0 Å². The smallest absolute Gasteiger partial charge is 0.164 e. The predicted molar refractivity (Wildman–Crippen MR) is 46.8 cm³/mol. The fraction of sp³-hybridized carbons (Fsp3) is 0.250. The van der Waals surface area contributed by atoms with Gasteiger partial charge in [0.2, 0.25) is 0 Å². The SMILES string of the molecule is Cc1c(F)c(F)c(C)c2snnc12. The van der Waals surface area contributed by atoms with Crippen molar-refractivity contribution in [2.24, 2.45) is 0 Å². The number of hydrogen-bond acceptors (Lipinski definition) is 3. The number of hydrogen-bond donors (Lipinski definition) is 0. The highest BCUT2D eigenvalue weighted by atomic mass is 32.1. The van der Waals surface area contributed by atoms with Crippen LogP contribution in [0.4, 0.5) is 8.78 Å². The summed E-state index contributed by atoms with van der Waals surface area (Å²) in [7, 11) is 0. The molecule has 2 nitrogen and oxygen atoms in total. The molecule has 0 radical (unpaired) electrons. The Morgan fingerprint density at radius 2 is 1.69 bits per heavy atom. The van der Waals surface area contributed by atoms with Gasteiger partial charge in [-0.3, -0.25) is 0 Å². The molecular weight excluding hydrogens is 194 g/mol. The quantitative estimate of drug-likeness (QED) is 0.653. The Labute approximate surface area is 77.4 Å². The summed E-state index contributed by atoms with van der Waals surface area (Å²) in [6.45, 7) is 3.03. The van der Waals surface area contributed by atoms with E-state index in [-0.39, 0.29) is 11.1 Å². The van der Waals surface area contributed by atoms with Crippen molar-refractivity contribution >= 4 is 21.7 Å². The second kappa shape index (κ2) is 2.70. The van der Waals surface area contributed by atoms with Crippen LogP contribution in [0.3, 0.4) is 0 Å². The van der Waals surface area contributed by atoms with Crippen LogP contribution in [0.1, 0.15) is 11.1 Å². The summed E-state index contributed by atoms with van der Waals surface area (Å²) >= 11 is 1.08. The molecule has 0 unspecified atom stereocenters. The maximum atomic E-state index is 13.2. The second-order valence-corrected chi connectivity index (χ2v) is 3.58. The lowest BCUT2D eigenvalue weighted by Crippen LogP contribution is -1.94. The molecule has 0 aliphatic rings. The number of halogens is 2. The van der Waals surface area contributed by atoms with Crippen molar-refractivity contribution in [1.29, 1.82) is 0 Å². The molecule has 1 heterocycles. The monoisotopic (exact) mass is 200 g/mol. The van der Waals surface area contributed by atoms with Crippen molar-refractivity contribution < 1.29 is 8.78 Å². The average molecular weight is 200 g/mol. The number of benzene rings is 1. The predicted octanol–water partition coefficient (Wildman–Crippen LogP) is 2.59. The Bertz CT molecular complexity index is 436. The minimum absolute atomic E-state index is 0.229. The molecule has 0 saturated heterocycles. The molecule has 0 amide bonds. The third-order valence-electron chi connectivity index (χ3n) is 2.03. The van der Waals surface area contributed by atoms with Crippen molar-refractivity contribution in [3.8, 4) is 0 Å². The molecule has 68 valence electrons. The van der Waals surface area contributed by atoms with Gasteiger partial charge in [-0.15, -0.1) is 5.10 Å². The normalized spacial score (nSPS) is 11.1. The number of aryl methyl sites for hydroxylation is 2. The molecule has 0 aliphatic heterocycles. The molecular formula is C8H6F2N2S. The van der Waals surface area contributed by atoms with Crippen LogP contribution in [-0.4, -0.2) is 9.59 Å². The Morgan fingerprint density at radius 3 is 2.38 bits per heavy atom. The third-order valence-corrected chi connectivity index (χ3v) is 2.88. The van der Waals surface area contributed by atoms with Crippen LogP contribution in [0.15, 0.2) is 0 Å². The van der Waals surface area contributed by atoms with Gasteiger partial charge in [-0.2, -0.15) is 0 Å². The van der Waals surface area contributed by atoms with E-state index in [1.165, 1.54) is 13.8 Å². The maximum absolute atomic E-state index is 13.2. The minimum atomic E-state index is -0.822. The van der Waals surface area contributed by atoms with E-state index in [0.717, 1.165) is 11.5 Å². The first-order valence-corrected chi connectivity index (χ1v) is 4.46. The molecule has 0 aliphatic carbocycles. The lowest BCUT2D eigenvalue weighted by Gasteiger charge is -2.01. The number of rotatable bonds is 0. The Kier molecular flexibility index (Phi) is 1.76. The van der Waals surface area contributed by atoms with E-state index in [4.69, 9.17) is 0 Å². The third kappa shape index (κ3) is 1.03. The van der Waals surface area contributed by atoms with Crippen LogP contribution in [0, 0.1) is 25.5 Å². The van der Waals surface area contributed by atoms with Gasteiger partial charge < -0.3 is 0 Å². The summed E-state index contributed by atoms with van der Waals surface area (Å²) in [5, 5.41) is 3.74. The fourth-order valence-electron chi connectivity index (χ4n) is 1.21. The van der Waals surface area contributed by atoms with Gasteiger partial charge in [-0.25, -0.2) is 8.78 Å². The Hall–Kier alpha value is -1.10. The van der Waals surface area contributed by atoms with Crippen LogP contribution in [0.25, 0.3) is 10.2 Å². The van der Waals surface area contributed by atoms with Crippen molar-refractivity contribution in [2.45, 2.75) is 13.8 Å². The van der Waals surface area contributed by atoms with Crippen molar-refractivity contribution in [3.05, 3.63) is 22.8 Å². The summed E-state index contributed by atoms with van der Waals surface area (Å²) in [5.74, 6) is -1.62. The molecule has 0 N–H and O–H groups in total. The summed E-state index contributed by atoms with van der Waals surface area (Å²) in [6, 6.07) is 0. The highest BCUT2D eigenvalue weighted by molar-refractivity contribution is 7.13. The Morgan fingerprint density at radius 1 is 1.08 bits per heavy atom. The molecule has 1 aromatic carbocycles. The molecule has 1 aromatic heterocycles. The molecule has 5 heteroatoms. The van der Waals surface area contributed by atoms with Gasteiger partial charge in [0, 0.05) is 11.1 Å². The fourth-order valence-corrected chi connectivity index (χ4v) is 1.93. The van der Waals surface area contributed by atoms with Gasteiger partial charge >= 0.3 is 0 Å². The summed E-state index contributed by atoms with van der Waals surface area (Å²) in [5.41, 5.74) is 0.973. The molecule has 0 spiro atoms. The molecule has 2 aromatic rings. The first-order valence-electron chi connectivity index (χ1n) is 3.69. The van der Waals surface area contributed by atoms with E-state index in [2.05, 4.69) is 9.59 Å². The number of fused-ring (bicyclic) bond motifs is 1. The van der Waals surface area contributed by atoms with E-state index < -0.39 is 11.6 Å². The minimum Gasteiger partial charge on any atom is -0.203 e. The average Bonchev–Trinajstić information content (AvgIpc) is 2.59. The Balaban J connectivity index is 3.02. The van der Waals surface area contributed by atoms with E-state index in [0.29, 0.717) is 10.2 Å². The van der Waals surface area contributed by atoms with E-state index in [1.807, 2.05) is 0 Å². The van der Waals surface area contributed by atoms with Gasteiger partial charge in [0.25, 0.3) is 0 Å². The molecule has 0 atom stereocenters. The van der Waals surface area contributed by atoms with E-state index in [1.54, 1.807) is 0 Å². The number of nitrogens with zero attached hydrogens (tertiary/aromatic N) is 2. The van der Waals surface area contributed by atoms with Crippen LogP contribution >= 0.6 is 11.5 Å². The summed E-state index contributed by atoms with van der Waals surface area (Å²) in [6.07, 6.45) is 0. The standard InChI is InChI=1S/C8H6F2N2S/c1-3-5(9)6(10)4(2)8-7(3)11-12-13-8/h1-2H3. The molecule has 0 bridgehead atoms. The van der Waals surface area contributed by atoms with Crippen molar-refractivity contribution in [2.75, 3.05) is 0 Å². The molecule has 0 saturated carbocycles. The zero-order valence-electron chi connectivity index (χ0n) is 7.06. The van der Waals surface area contributed by atoms with Gasteiger partial charge in [-0.05, 0) is 25.4 Å². The first kappa shape index (κ1) is 8.50. The topological polar surface area (TPSA) is 25.8 Å². The lowest BCUT2D eigenvalue weighted by molar-refractivity contribution is 0.500.